The van der Waals surface area contributed by atoms with Gasteiger partial charge >= 0.3 is 0 Å². The van der Waals surface area contributed by atoms with Crippen molar-refractivity contribution in [1.29, 1.82) is 0 Å². The quantitative estimate of drug-likeness (QED) is 0.756. The Labute approximate surface area is 110 Å². The molecule has 0 aliphatic rings. The van der Waals surface area contributed by atoms with Crippen molar-refractivity contribution in [3.8, 4) is 5.75 Å². The zero-order valence-corrected chi connectivity index (χ0v) is 12.2. The first-order chi connectivity index (χ1) is 8.56. The molecule has 0 aliphatic carbocycles. The number of ether oxygens (including phenoxy) is 2. The van der Waals surface area contributed by atoms with Gasteiger partial charge in [0.2, 0.25) is 0 Å². The largest absolute Gasteiger partial charge is 0.492 e. The highest BCUT2D eigenvalue weighted by Gasteiger charge is 2.06. The van der Waals surface area contributed by atoms with Crippen molar-refractivity contribution in [2.24, 2.45) is 0 Å². The predicted molar refractivity (Wildman–Crippen MR) is 75.5 cm³/mol. The smallest absolute Gasteiger partial charge is 0.125 e. The van der Waals surface area contributed by atoms with Crippen LogP contribution >= 0.6 is 0 Å². The van der Waals surface area contributed by atoms with Gasteiger partial charge in [-0.15, -0.1) is 0 Å². The molecule has 0 amide bonds. The second kappa shape index (κ2) is 7.39. The van der Waals surface area contributed by atoms with Gasteiger partial charge in [-0.2, -0.15) is 0 Å². The summed E-state index contributed by atoms with van der Waals surface area (Å²) in [4.78, 5) is 0. The normalized spacial score (nSPS) is 12.5. The van der Waals surface area contributed by atoms with Crippen LogP contribution in [-0.4, -0.2) is 32.9 Å². The van der Waals surface area contributed by atoms with Crippen LogP contribution in [0, 0.1) is 20.8 Å². The van der Waals surface area contributed by atoms with Crippen LogP contribution in [-0.2, 0) is 4.74 Å². The van der Waals surface area contributed by atoms with E-state index in [1.807, 2.05) is 0 Å². The Morgan fingerprint density at radius 3 is 2.50 bits per heavy atom. The summed E-state index contributed by atoms with van der Waals surface area (Å²) < 4.78 is 10.9. The number of aryl methyl sites for hydroxylation is 2. The van der Waals surface area contributed by atoms with Gasteiger partial charge in [-0.3, -0.25) is 0 Å². The molecule has 0 saturated heterocycles. The fourth-order valence-electron chi connectivity index (χ4n) is 1.91. The summed E-state index contributed by atoms with van der Waals surface area (Å²) in [6.07, 6.45) is 0. The zero-order chi connectivity index (χ0) is 13.5. The van der Waals surface area contributed by atoms with Gasteiger partial charge in [0.05, 0.1) is 6.61 Å². The molecule has 3 heteroatoms. The Hall–Kier alpha value is -1.06. The van der Waals surface area contributed by atoms with Crippen LogP contribution in [0.1, 0.15) is 23.6 Å². The van der Waals surface area contributed by atoms with E-state index in [0.29, 0.717) is 12.6 Å². The molecule has 18 heavy (non-hydrogen) atoms. The zero-order valence-electron chi connectivity index (χ0n) is 12.2. The minimum absolute atomic E-state index is 0.360. The van der Waals surface area contributed by atoms with Gasteiger partial charge < -0.3 is 14.8 Å². The molecule has 0 spiro atoms. The van der Waals surface area contributed by atoms with Crippen LogP contribution in [0.2, 0.25) is 0 Å². The summed E-state index contributed by atoms with van der Waals surface area (Å²) in [7, 11) is 1.72. The van der Waals surface area contributed by atoms with Crippen molar-refractivity contribution in [3.63, 3.8) is 0 Å². The third-order valence-electron chi connectivity index (χ3n) is 3.13. The van der Waals surface area contributed by atoms with E-state index in [0.717, 1.165) is 18.9 Å². The topological polar surface area (TPSA) is 30.5 Å². The Balaban J connectivity index is 2.42. The fourth-order valence-corrected chi connectivity index (χ4v) is 1.91. The van der Waals surface area contributed by atoms with Crippen molar-refractivity contribution in [3.05, 3.63) is 28.8 Å². The monoisotopic (exact) mass is 251 g/mol. The molecule has 1 N–H and O–H groups in total. The lowest BCUT2D eigenvalue weighted by Gasteiger charge is -2.16. The first kappa shape index (κ1) is 15.0. The molecular formula is C15H25NO2. The number of benzene rings is 1. The number of rotatable bonds is 7. The maximum atomic E-state index is 5.87. The molecule has 1 unspecified atom stereocenters. The van der Waals surface area contributed by atoms with Gasteiger partial charge in [-0.25, -0.2) is 0 Å². The molecule has 1 rings (SSSR count). The van der Waals surface area contributed by atoms with Crippen molar-refractivity contribution in [1.82, 2.24) is 5.32 Å². The fraction of sp³-hybridized carbons (Fsp3) is 0.600. The molecule has 0 fully saturated rings. The molecule has 0 aliphatic heterocycles. The molecule has 3 nitrogen and oxygen atoms in total. The van der Waals surface area contributed by atoms with Crippen LogP contribution in [0.4, 0.5) is 0 Å². The Morgan fingerprint density at radius 1 is 1.17 bits per heavy atom. The average Bonchev–Trinajstić information content (AvgIpc) is 2.33. The minimum Gasteiger partial charge on any atom is -0.492 e. The van der Waals surface area contributed by atoms with Crippen LogP contribution in [0.3, 0.4) is 0 Å². The summed E-state index contributed by atoms with van der Waals surface area (Å²) in [5.74, 6) is 1.02. The van der Waals surface area contributed by atoms with Gasteiger partial charge in [-0.05, 0) is 44.4 Å². The summed E-state index contributed by atoms with van der Waals surface area (Å²) >= 11 is 0. The van der Waals surface area contributed by atoms with Crippen molar-refractivity contribution in [2.45, 2.75) is 33.7 Å². The summed E-state index contributed by atoms with van der Waals surface area (Å²) in [6, 6.07) is 4.60. The Morgan fingerprint density at radius 2 is 1.83 bits per heavy atom. The lowest BCUT2D eigenvalue weighted by atomic mass is 10.1. The second-order valence-electron chi connectivity index (χ2n) is 4.81. The van der Waals surface area contributed by atoms with E-state index in [1.165, 1.54) is 16.7 Å². The number of nitrogens with one attached hydrogen (secondary N) is 1. The summed E-state index contributed by atoms with van der Waals surface area (Å²) in [5, 5.41) is 3.36. The molecule has 0 heterocycles. The summed E-state index contributed by atoms with van der Waals surface area (Å²) in [6.45, 7) is 10.6. The van der Waals surface area contributed by atoms with Gasteiger partial charge in [0, 0.05) is 19.7 Å². The molecule has 1 aromatic rings. The third kappa shape index (κ3) is 4.31. The standard InChI is InChI=1S/C15H25NO2/c1-11-6-7-12(2)15(14(11)4)18-9-8-16-13(3)10-17-5/h6-7,13,16H,8-10H2,1-5H3. The highest BCUT2D eigenvalue weighted by atomic mass is 16.5. The summed E-state index contributed by atoms with van der Waals surface area (Å²) in [5.41, 5.74) is 3.71. The lowest BCUT2D eigenvalue weighted by molar-refractivity contribution is 0.169. The highest BCUT2D eigenvalue weighted by molar-refractivity contribution is 5.44. The molecule has 0 aromatic heterocycles. The van der Waals surface area contributed by atoms with E-state index in [2.05, 4.69) is 45.1 Å². The maximum absolute atomic E-state index is 5.87. The van der Waals surface area contributed by atoms with E-state index < -0.39 is 0 Å². The van der Waals surface area contributed by atoms with Crippen molar-refractivity contribution < 1.29 is 9.47 Å². The van der Waals surface area contributed by atoms with Gasteiger partial charge in [0.25, 0.3) is 0 Å². The average molecular weight is 251 g/mol. The van der Waals surface area contributed by atoms with Crippen molar-refractivity contribution >= 4 is 0 Å². The predicted octanol–water partition coefficient (Wildman–Crippen LogP) is 2.62. The first-order valence-corrected chi connectivity index (χ1v) is 6.48. The molecule has 102 valence electrons. The SMILES string of the molecule is COCC(C)NCCOc1c(C)ccc(C)c1C. The van der Waals surface area contributed by atoms with E-state index in [-0.39, 0.29) is 0 Å². The van der Waals surface area contributed by atoms with Crippen LogP contribution in [0.25, 0.3) is 0 Å². The lowest BCUT2D eigenvalue weighted by Crippen LogP contribution is -2.33. The third-order valence-corrected chi connectivity index (χ3v) is 3.13. The molecule has 0 bridgehead atoms. The van der Waals surface area contributed by atoms with Crippen molar-refractivity contribution in [2.75, 3.05) is 26.9 Å². The Bertz CT molecular complexity index is 377. The van der Waals surface area contributed by atoms with Crippen LogP contribution in [0.5, 0.6) is 5.75 Å². The van der Waals surface area contributed by atoms with Gasteiger partial charge in [0.15, 0.2) is 0 Å². The van der Waals surface area contributed by atoms with Crippen LogP contribution in [0.15, 0.2) is 12.1 Å². The molecular weight excluding hydrogens is 226 g/mol. The second-order valence-corrected chi connectivity index (χ2v) is 4.81. The highest BCUT2D eigenvalue weighted by Crippen LogP contribution is 2.25. The molecule has 1 aromatic carbocycles. The molecule has 1 atom stereocenters. The van der Waals surface area contributed by atoms with E-state index in [4.69, 9.17) is 9.47 Å². The van der Waals surface area contributed by atoms with E-state index in [1.54, 1.807) is 7.11 Å². The Kier molecular flexibility index (Phi) is 6.16. The molecule has 0 radical (unpaired) electrons. The van der Waals surface area contributed by atoms with Crippen LogP contribution < -0.4 is 10.1 Å². The minimum atomic E-state index is 0.360. The molecule has 0 saturated carbocycles. The first-order valence-electron chi connectivity index (χ1n) is 6.48. The van der Waals surface area contributed by atoms with Gasteiger partial charge in [0.1, 0.15) is 12.4 Å². The maximum Gasteiger partial charge on any atom is 0.125 e. The number of hydrogen-bond acceptors (Lipinski definition) is 3. The van der Waals surface area contributed by atoms with Gasteiger partial charge in [-0.1, -0.05) is 12.1 Å². The van der Waals surface area contributed by atoms with E-state index >= 15 is 0 Å². The number of hydrogen-bond donors (Lipinski definition) is 1. The number of methoxy groups -OCH3 is 1. The van der Waals surface area contributed by atoms with E-state index in [9.17, 15) is 0 Å².